The summed E-state index contributed by atoms with van der Waals surface area (Å²) in [6, 6.07) is 2.46. The Morgan fingerprint density at radius 3 is 2.94 bits per heavy atom. The van der Waals surface area contributed by atoms with Crippen molar-refractivity contribution in [2.24, 2.45) is 5.73 Å². The zero-order chi connectivity index (χ0) is 11.5. The van der Waals surface area contributed by atoms with Crippen LogP contribution in [0.3, 0.4) is 0 Å². The third-order valence-electron chi connectivity index (χ3n) is 2.82. The fourth-order valence-electron chi connectivity index (χ4n) is 1.74. The first-order valence-electron chi connectivity index (χ1n) is 5.35. The van der Waals surface area contributed by atoms with Gasteiger partial charge in [-0.15, -0.1) is 0 Å². The Morgan fingerprint density at radius 2 is 2.25 bits per heavy atom. The summed E-state index contributed by atoms with van der Waals surface area (Å²) in [6.45, 7) is 0.649. The summed E-state index contributed by atoms with van der Waals surface area (Å²) >= 11 is 0. The van der Waals surface area contributed by atoms with Gasteiger partial charge in [0.15, 0.2) is 5.65 Å². The van der Waals surface area contributed by atoms with Crippen molar-refractivity contribution in [2.75, 3.05) is 20.6 Å². The van der Waals surface area contributed by atoms with Gasteiger partial charge < -0.3 is 10.6 Å². The van der Waals surface area contributed by atoms with Crippen LogP contribution in [-0.2, 0) is 6.42 Å². The van der Waals surface area contributed by atoms with Crippen molar-refractivity contribution in [3.8, 4) is 0 Å². The van der Waals surface area contributed by atoms with E-state index in [0.717, 1.165) is 17.5 Å². The Hall–Kier alpha value is -1.46. The fraction of sp³-hybridized carbons (Fsp3) is 0.455. The Morgan fingerprint density at radius 1 is 1.44 bits per heavy atom. The highest BCUT2D eigenvalue weighted by molar-refractivity contribution is 5.73. The Balaban J connectivity index is 2.19. The van der Waals surface area contributed by atoms with E-state index in [9.17, 15) is 0 Å². The van der Waals surface area contributed by atoms with Crippen LogP contribution in [0, 0.1) is 0 Å². The highest BCUT2D eigenvalue weighted by Crippen LogP contribution is 2.12. The minimum atomic E-state index is 0.353. The predicted octanol–water partition coefficient (Wildman–Crippen LogP) is 0.389. The summed E-state index contributed by atoms with van der Waals surface area (Å²) in [7, 11) is 4.09. The molecule has 0 aliphatic carbocycles. The quantitative estimate of drug-likeness (QED) is 0.780. The van der Waals surface area contributed by atoms with E-state index in [1.807, 2.05) is 20.3 Å². The van der Waals surface area contributed by atoms with Gasteiger partial charge in [-0.1, -0.05) is 0 Å². The van der Waals surface area contributed by atoms with Gasteiger partial charge in [0.25, 0.3) is 0 Å². The van der Waals surface area contributed by atoms with Crippen molar-refractivity contribution in [1.82, 2.24) is 20.1 Å². The number of H-pyrrole nitrogens is 1. The van der Waals surface area contributed by atoms with Crippen molar-refractivity contribution in [3.05, 3.63) is 24.0 Å². The average Bonchev–Trinajstić information content (AvgIpc) is 2.72. The van der Waals surface area contributed by atoms with E-state index in [4.69, 9.17) is 5.73 Å². The first kappa shape index (κ1) is 11.0. The SMILES string of the molecule is CN(C)C(CN)Cc1cnc2[nH]ncc2c1. The van der Waals surface area contributed by atoms with E-state index in [1.165, 1.54) is 5.56 Å². The molecule has 0 saturated carbocycles. The summed E-state index contributed by atoms with van der Waals surface area (Å²) in [5.74, 6) is 0. The molecule has 0 spiro atoms. The van der Waals surface area contributed by atoms with Crippen molar-refractivity contribution in [2.45, 2.75) is 12.5 Å². The first-order valence-corrected chi connectivity index (χ1v) is 5.35. The molecule has 0 saturated heterocycles. The van der Waals surface area contributed by atoms with Crippen LogP contribution in [0.5, 0.6) is 0 Å². The molecule has 16 heavy (non-hydrogen) atoms. The topological polar surface area (TPSA) is 70.8 Å². The van der Waals surface area contributed by atoms with Crippen molar-refractivity contribution < 1.29 is 0 Å². The zero-order valence-electron chi connectivity index (χ0n) is 9.64. The molecular formula is C11H17N5. The van der Waals surface area contributed by atoms with Crippen LogP contribution in [0.1, 0.15) is 5.56 Å². The van der Waals surface area contributed by atoms with Crippen LogP contribution in [0.2, 0.25) is 0 Å². The number of nitrogens with one attached hydrogen (secondary N) is 1. The second-order valence-corrected chi connectivity index (χ2v) is 4.21. The van der Waals surface area contributed by atoms with Gasteiger partial charge >= 0.3 is 0 Å². The molecular weight excluding hydrogens is 202 g/mol. The third-order valence-corrected chi connectivity index (χ3v) is 2.82. The maximum absolute atomic E-state index is 5.73. The smallest absolute Gasteiger partial charge is 0.155 e. The van der Waals surface area contributed by atoms with E-state index >= 15 is 0 Å². The summed E-state index contributed by atoms with van der Waals surface area (Å²) in [5.41, 5.74) is 7.76. The minimum Gasteiger partial charge on any atom is -0.329 e. The van der Waals surface area contributed by atoms with Gasteiger partial charge in [-0.2, -0.15) is 5.10 Å². The molecule has 0 aliphatic rings. The molecule has 5 heteroatoms. The first-order chi connectivity index (χ1) is 7.70. The van der Waals surface area contributed by atoms with Gasteiger partial charge in [0.1, 0.15) is 0 Å². The maximum atomic E-state index is 5.73. The lowest BCUT2D eigenvalue weighted by atomic mass is 10.1. The van der Waals surface area contributed by atoms with E-state index in [2.05, 4.69) is 26.1 Å². The summed E-state index contributed by atoms with van der Waals surface area (Å²) in [6.07, 6.45) is 4.59. The van der Waals surface area contributed by atoms with Gasteiger partial charge in [0.2, 0.25) is 0 Å². The van der Waals surface area contributed by atoms with Crippen molar-refractivity contribution in [1.29, 1.82) is 0 Å². The number of hydrogen-bond acceptors (Lipinski definition) is 4. The molecule has 1 atom stereocenters. The van der Waals surface area contributed by atoms with Crippen LogP contribution >= 0.6 is 0 Å². The summed E-state index contributed by atoms with van der Waals surface area (Å²) in [5, 5.41) is 7.84. The third kappa shape index (κ3) is 2.20. The number of fused-ring (bicyclic) bond motifs is 1. The Labute approximate surface area is 94.7 Å². The fourth-order valence-corrected chi connectivity index (χ4v) is 1.74. The summed E-state index contributed by atoms with van der Waals surface area (Å²) in [4.78, 5) is 6.45. The van der Waals surface area contributed by atoms with Gasteiger partial charge in [0.05, 0.1) is 6.20 Å². The number of hydrogen-bond donors (Lipinski definition) is 2. The number of likely N-dealkylation sites (N-methyl/N-ethyl adjacent to an activating group) is 1. The van der Waals surface area contributed by atoms with Crippen LogP contribution in [-0.4, -0.2) is 46.8 Å². The number of nitrogens with zero attached hydrogens (tertiary/aromatic N) is 3. The molecule has 0 fully saturated rings. The van der Waals surface area contributed by atoms with Crippen LogP contribution in [0.25, 0.3) is 11.0 Å². The standard InChI is InChI=1S/C11H17N5/c1-16(2)10(5-12)4-8-3-9-7-14-15-11(9)13-6-8/h3,6-7,10H,4-5,12H2,1-2H3,(H,13,14,15). The van der Waals surface area contributed by atoms with Crippen LogP contribution in [0.15, 0.2) is 18.5 Å². The molecule has 3 N–H and O–H groups in total. The number of aromatic nitrogens is 3. The molecule has 0 radical (unpaired) electrons. The van der Waals surface area contributed by atoms with Gasteiger partial charge in [-0.25, -0.2) is 4.98 Å². The normalized spacial score (nSPS) is 13.5. The number of nitrogens with two attached hydrogens (primary N) is 1. The molecule has 86 valence electrons. The maximum Gasteiger partial charge on any atom is 0.155 e. The van der Waals surface area contributed by atoms with E-state index in [0.29, 0.717) is 12.6 Å². The van der Waals surface area contributed by atoms with Gasteiger partial charge in [-0.3, -0.25) is 5.10 Å². The predicted molar refractivity (Wildman–Crippen MR) is 64.1 cm³/mol. The molecule has 2 heterocycles. The molecule has 0 aliphatic heterocycles. The molecule has 2 rings (SSSR count). The summed E-state index contributed by atoms with van der Waals surface area (Å²) < 4.78 is 0. The second kappa shape index (κ2) is 4.59. The number of pyridine rings is 1. The van der Waals surface area contributed by atoms with Crippen molar-refractivity contribution in [3.63, 3.8) is 0 Å². The molecule has 5 nitrogen and oxygen atoms in total. The Kier molecular flexibility index (Phi) is 3.17. The molecule has 0 aromatic carbocycles. The molecule has 2 aromatic heterocycles. The van der Waals surface area contributed by atoms with E-state index in [1.54, 1.807) is 6.20 Å². The highest BCUT2D eigenvalue weighted by atomic mass is 15.1. The van der Waals surface area contributed by atoms with Crippen molar-refractivity contribution >= 4 is 11.0 Å². The van der Waals surface area contributed by atoms with Crippen LogP contribution < -0.4 is 5.73 Å². The lowest BCUT2D eigenvalue weighted by molar-refractivity contribution is 0.298. The monoisotopic (exact) mass is 219 g/mol. The molecule has 0 bridgehead atoms. The lowest BCUT2D eigenvalue weighted by Crippen LogP contribution is -2.36. The van der Waals surface area contributed by atoms with E-state index in [-0.39, 0.29) is 0 Å². The molecule has 1 unspecified atom stereocenters. The Bertz CT molecular complexity index is 462. The van der Waals surface area contributed by atoms with E-state index < -0.39 is 0 Å². The average molecular weight is 219 g/mol. The number of rotatable bonds is 4. The minimum absolute atomic E-state index is 0.353. The highest BCUT2D eigenvalue weighted by Gasteiger charge is 2.10. The van der Waals surface area contributed by atoms with Crippen LogP contribution in [0.4, 0.5) is 0 Å². The largest absolute Gasteiger partial charge is 0.329 e. The van der Waals surface area contributed by atoms with Gasteiger partial charge in [-0.05, 0) is 32.1 Å². The molecule has 0 amide bonds. The molecule has 2 aromatic rings. The van der Waals surface area contributed by atoms with Gasteiger partial charge in [0, 0.05) is 24.2 Å². The lowest BCUT2D eigenvalue weighted by Gasteiger charge is -2.22. The number of aromatic amines is 1. The zero-order valence-corrected chi connectivity index (χ0v) is 9.64. The second-order valence-electron chi connectivity index (χ2n) is 4.21.